The second-order valence-electron chi connectivity index (χ2n) is 6.01. The van der Waals surface area contributed by atoms with Crippen LogP contribution in [-0.4, -0.2) is 60.9 Å². The summed E-state index contributed by atoms with van der Waals surface area (Å²) in [5.74, 6) is 0.717. The highest BCUT2D eigenvalue weighted by Gasteiger charge is 2.11. The summed E-state index contributed by atoms with van der Waals surface area (Å²) >= 11 is 5.09. The zero-order chi connectivity index (χ0) is 18.9. The summed E-state index contributed by atoms with van der Waals surface area (Å²) in [6.45, 7) is 1.54. The Morgan fingerprint density at radius 2 is 1.96 bits per heavy atom. The Morgan fingerprint density at radius 1 is 1.26 bits per heavy atom. The molecule has 0 radical (unpaired) electrons. The average molecular weight is 566 g/mol. The van der Waals surface area contributed by atoms with E-state index in [0.717, 1.165) is 28.0 Å². The molecule has 0 fully saturated rings. The van der Waals surface area contributed by atoms with E-state index in [1.165, 1.54) is 0 Å². The Labute approximate surface area is 190 Å². The largest absolute Gasteiger partial charge is 0.347 e. The summed E-state index contributed by atoms with van der Waals surface area (Å²) in [5, 5.41) is 6.24. The van der Waals surface area contributed by atoms with E-state index in [-0.39, 0.29) is 36.4 Å². The van der Waals surface area contributed by atoms with Gasteiger partial charge < -0.3 is 15.1 Å². The third-order valence-corrected chi connectivity index (χ3v) is 5.10. The maximum atomic E-state index is 11.9. The van der Waals surface area contributed by atoms with Gasteiger partial charge in [-0.25, -0.2) is 9.98 Å². The van der Waals surface area contributed by atoms with Crippen LogP contribution in [0.2, 0.25) is 0 Å². The van der Waals surface area contributed by atoms with Gasteiger partial charge in [-0.1, -0.05) is 28.1 Å². The van der Waals surface area contributed by atoms with E-state index < -0.39 is 0 Å². The van der Waals surface area contributed by atoms with Crippen molar-refractivity contribution in [1.29, 1.82) is 0 Å². The summed E-state index contributed by atoms with van der Waals surface area (Å²) < 4.78 is 1.04. The molecule has 1 heterocycles. The summed E-state index contributed by atoms with van der Waals surface area (Å²) in [6.07, 6.45) is 2.66. The van der Waals surface area contributed by atoms with Gasteiger partial charge in [0.2, 0.25) is 5.91 Å². The molecule has 0 spiro atoms. The van der Waals surface area contributed by atoms with Gasteiger partial charge in [0.25, 0.3) is 0 Å². The van der Waals surface area contributed by atoms with Crippen LogP contribution >= 0.6 is 51.2 Å². The third-order valence-electron chi connectivity index (χ3n) is 3.73. The average Bonchev–Trinajstić information content (AvgIpc) is 3.14. The molecule has 27 heavy (non-hydrogen) atoms. The van der Waals surface area contributed by atoms with Gasteiger partial charge in [0.1, 0.15) is 0 Å². The van der Waals surface area contributed by atoms with Crippen LogP contribution in [0.5, 0.6) is 0 Å². The molecule has 0 aliphatic carbocycles. The normalized spacial score (nSPS) is 10.9. The number of likely N-dealkylation sites (N-methyl/N-ethyl adjacent to an activating group) is 2. The minimum absolute atomic E-state index is 0. The topological polar surface area (TPSA) is 60.8 Å². The lowest BCUT2D eigenvalue weighted by Gasteiger charge is -2.22. The number of carbonyl (C=O) groups is 1. The smallest absolute Gasteiger partial charge is 0.241 e. The van der Waals surface area contributed by atoms with Crippen LogP contribution in [0.3, 0.4) is 0 Å². The van der Waals surface area contributed by atoms with Crippen LogP contribution in [0.25, 0.3) is 0 Å². The summed E-state index contributed by atoms with van der Waals surface area (Å²) in [7, 11) is 5.46. The molecule has 0 atom stereocenters. The van der Waals surface area contributed by atoms with Gasteiger partial charge >= 0.3 is 0 Å². The van der Waals surface area contributed by atoms with Crippen molar-refractivity contribution < 1.29 is 4.79 Å². The van der Waals surface area contributed by atoms with Crippen molar-refractivity contribution in [2.45, 2.75) is 13.0 Å². The number of carbonyl (C=O) groups excluding carboxylic acids is 1. The molecular weight excluding hydrogens is 541 g/mol. The van der Waals surface area contributed by atoms with Crippen LogP contribution in [0.1, 0.15) is 10.6 Å². The second-order valence-corrected chi connectivity index (χ2v) is 7.90. The number of hydrogen-bond donors (Lipinski definition) is 1. The van der Waals surface area contributed by atoms with Crippen molar-refractivity contribution in [2.75, 3.05) is 34.2 Å². The Bertz CT molecular complexity index is 722. The lowest BCUT2D eigenvalue weighted by Crippen LogP contribution is -2.44. The van der Waals surface area contributed by atoms with Gasteiger partial charge in [-0.15, -0.1) is 35.3 Å². The SMILES string of the molecule is CN(C)C(=O)CNC(=NCc1ccc(Br)cc1)N(C)CCc1nccs1.I. The van der Waals surface area contributed by atoms with E-state index in [1.54, 1.807) is 30.3 Å². The number of halogens is 2. The second kappa shape index (κ2) is 12.3. The molecule has 6 nitrogen and oxygen atoms in total. The van der Waals surface area contributed by atoms with E-state index in [1.807, 2.05) is 47.8 Å². The minimum atomic E-state index is 0. The predicted octanol–water partition coefficient (Wildman–Crippen LogP) is 3.23. The molecule has 9 heteroatoms. The fraction of sp³-hybridized carbons (Fsp3) is 0.389. The lowest BCUT2D eigenvalue weighted by atomic mass is 10.2. The molecule has 1 aromatic carbocycles. The molecule has 0 saturated heterocycles. The number of nitrogens with zero attached hydrogens (tertiary/aromatic N) is 4. The van der Waals surface area contributed by atoms with E-state index >= 15 is 0 Å². The number of amides is 1. The predicted molar refractivity (Wildman–Crippen MR) is 126 cm³/mol. The third kappa shape index (κ3) is 8.56. The first-order chi connectivity index (χ1) is 12.5. The maximum absolute atomic E-state index is 11.9. The monoisotopic (exact) mass is 565 g/mol. The van der Waals surface area contributed by atoms with Gasteiger partial charge in [0.15, 0.2) is 5.96 Å². The Kier molecular flexibility index (Phi) is 10.9. The molecule has 1 aromatic heterocycles. The van der Waals surface area contributed by atoms with Gasteiger partial charge in [0, 0.05) is 50.2 Å². The van der Waals surface area contributed by atoms with Gasteiger partial charge in [-0.05, 0) is 17.7 Å². The maximum Gasteiger partial charge on any atom is 0.241 e. The van der Waals surface area contributed by atoms with E-state index in [2.05, 4.69) is 31.2 Å². The van der Waals surface area contributed by atoms with Crippen molar-refractivity contribution in [2.24, 2.45) is 4.99 Å². The number of guanidine groups is 1. The van der Waals surface area contributed by atoms with E-state index in [0.29, 0.717) is 12.5 Å². The van der Waals surface area contributed by atoms with Gasteiger partial charge in [0.05, 0.1) is 18.1 Å². The minimum Gasteiger partial charge on any atom is -0.347 e. The number of nitrogens with one attached hydrogen (secondary N) is 1. The highest BCUT2D eigenvalue weighted by molar-refractivity contribution is 14.0. The Balaban J connectivity index is 0.00000364. The first kappa shape index (κ1) is 23.8. The molecule has 0 aliphatic heterocycles. The highest BCUT2D eigenvalue weighted by Crippen LogP contribution is 2.11. The first-order valence-corrected chi connectivity index (χ1v) is 9.95. The molecule has 148 valence electrons. The molecule has 2 rings (SSSR count). The molecule has 0 unspecified atom stereocenters. The standard InChI is InChI=1S/C18H24BrN5OS.HI/c1-23(2)17(25)13-22-18(21-12-14-4-6-15(19)7-5-14)24(3)10-8-16-20-9-11-26-16;/h4-7,9,11H,8,10,12-13H2,1-3H3,(H,21,22);1H. The summed E-state index contributed by atoms with van der Waals surface area (Å²) in [6, 6.07) is 8.07. The summed E-state index contributed by atoms with van der Waals surface area (Å²) in [4.78, 5) is 24.5. The fourth-order valence-electron chi connectivity index (χ4n) is 2.13. The number of thiazole rings is 1. The van der Waals surface area contributed by atoms with Crippen LogP contribution in [0.15, 0.2) is 45.3 Å². The molecule has 2 aromatic rings. The van der Waals surface area contributed by atoms with Crippen LogP contribution in [0.4, 0.5) is 0 Å². The van der Waals surface area contributed by atoms with Gasteiger partial charge in [-0.3, -0.25) is 4.79 Å². The zero-order valence-corrected chi connectivity index (χ0v) is 20.4. The summed E-state index contributed by atoms with van der Waals surface area (Å²) in [5.41, 5.74) is 1.11. The van der Waals surface area contributed by atoms with Crippen molar-refractivity contribution >= 4 is 63.1 Å². The number of rotatable bonds is 7. The molecule has 1 N–H and O–H groups in total. The number of aromatic nitrogens is 1. The number of aliphatic imine (C=N–C) groups is 1. The molecule has 0 saturated carbocycles. The van der Waals surface area contributed by atoms with Crippen molar-refractivity contribution in [3.05, 3.63) is 50.9 Å². The van der Waals surface area contributed by atoms with Crippen LogP contribution < -0.4 is 5.32 Å². The highest BCUT2D eigenvalue weighted by atomic mass is 127. The number of benzene rings is 1. The van der Waals surface area contributed by atoms with Crippen molar-refractivity contribution in [3.8, 4) is 0 Å². The Morgan fingerprint density at radius 3 is 2.56 bits per heavy atom. The van der Waals surface area contributed by atoms with E-state index in [4.69, 9.17) is 0 Å². The van der Waals surface area contributed by atoms with Crippen LogP contribution in [-0.2, 0) is 17.8 Å². The molecular formula is C18H25BrIN5OS. The molecule has 0 aliphatic rings. The molecule has 0 bridgehead atoms. The quantitative estimate of drug-likeness (QED) is 0.318. The fourth-order valence-corrected chi connectivity index (χ4v) is 3.00. The first-order valence-electron chi connectivity index (χ1n) is 8.28. The van der Waals surface area contributed by atoms with Gasteiger partial charge in [-0.2, -0.15) is 0 Å². The van der Waals surface area contributed by atoms with E-state index in [9.17, 15) is 4.79 Å². The lowest BCUT2D eigenvalue weighted by molar-refractivity contribution is -0.127. The van der Waals surface area contributed by atoms with Crippen molar-refractivity contribution in [3.63, 3.8) is 0 Å². The van der Waals surface area contributed by atoms with Crippen LogP contribution in [0, 0.1) is 0 Å². The van der Waals surface area contributed by atoms with Crippen molar-refractivity contribution in [1.82, 2.24) is 20.1 Å². The Hall–Kier alpha value is -1.20. The zero-order valence-electron chi connectivity index (χ0n) is 15.7. The number of hydrogen-bond acceptors (Lipinski definition) is 4. The molecule has 1 amide bonds.